The molecule has 0 radical (unpaired) electrons. The highest BCUT2D eigenvalue weighted by Gasteiger charge is 2.18. The minimum atomic E-state index is -0.701. The largest absolute Gasteiger partial charge is 0.370 e. The highest BCUT2D eigenvalue weighted by molar-refractivity contribution is 5.84. The van der Waals surface area contributed by atoms with Crippen molar-refractivity contribution in [3.63, 3.8) is 0 Å². The van der Waals surface area contributed by atoms with Crippen molar-refractivity contribution in [3.05, 3.63) is 0 Å². The molecule has 0 spiro atoms. The predicted molar refractivity (Wildman–Crippen MR) is 63.9 cm³/mol. The molecule has 0 saturated heterocycles. The molecule has 2 atom stereocenters. The van der Waals surface area contributed by atoms with E-state index in [9.17, 15) is 14.4 Å². The van der Waals surface area contributed by atoms with Crippen LogP contribution in [0.4, 0.5) is 0 Å². The Morgan fingerprint density at radius 3 is 2.35 bits per heavy atom. The molecule has 0 fully saturated rings. The van der Waals surface area contributed by atoms with Crippen LogP contribution in [0.15, 0.2) is 0 Å². The van der Waals surface area contributed by atoms with E-state index in [1.807, 2.05) is 13.8 Å². The van der Waals surface area contributed by atoms with Crippen molar-refractivity contribution < 1.29 is 14.4 Å². The Morgan fingerprint density at radius 1 is 1.35 bits per heavy atom. The zero-order valence-electron chi connectivity index (χ0n) is 10.3. The van der Waals surface area contributed by atoms with Crippen LogP contribution < -0.4 is 16.8 Å². The van der Waals surface area contributed by atoms with Gasteiger partial charge in [-0.15, -0.1) is 0 Å². The second-order valence-electron chi connectivity index (χ2n) is 4.49. The topological polar surface area (TPSA) is 115 Å². The zero-order chi connectivity index (χ0) is 13.4. The third-order valence-corrected chi connectivity index (χ3v) is 2.26. The maximum atomic E-state index is 11.6. The van der Waals surface area contributed by atoms with E-state index in [0.717, 1.165) is 0 Å². The third kappa shape index (κ3) is 7.46. The van der Waals surface area contributed by atoms with Crippen LogP contribution in [0.1, 0.15) is 33.1 Å². The van der Waals surface area contributed by atoms with Crippen molar-refractivity contribution in [2.75, 3.05) is 0 Å². The van der Waals surface area contributed by atoms with E-state index in [2.05, 4.69) is 5.32 Å². The van der Waals surface area contributed by atoms with Gasteiger partial charge in [-0.05, 0) is 18.8 Å². The van der Waals surface area contributed by atoms with Crippen LogP contribution in [0, 0.1) is 5.92 Å². The van der Waals surface area contributed by atoms with Gasteiger partial charge in [0, 0.05) is 6.42 Å². The van der Waals surface area contributed by atoms with Gasteiger partial charge in [-0.3, -0.25) is 9.59 Å². The fraction of sp³-hybridized carbons (Fsp3) is 0.727. The SMILES string of the molecule is CC(C)C[C@H](N)C(=O)N[C@H](C=O)CCC(N)=O. The zero-order valence-corrected chi connectivity index (χ0v) is 10.3. The first-order valence-electron chi connectivity index (χ1n) is 5.66. The van der Waals surface area contributed by atoms with E-state index >= 15 is 0 Å². The van der Waals surface area contributed by atoms with Crippen LogP contribution in [0.2, 0.25) is 0 Å². The molecule has 0 heterocycles. The first-order chi connectivity index (χ1) is 7.86. The lowest BCUT2D eigenvalue weighted by Gasteiger charge is -2.17. The molecular formula is C11H21N3O3. The lowest BCUT2D eigenvalue weighted by Crippen LogP contribution is -2.46. The molecule has 6 heteroatoms. The molecule has 0 aromatic heterocycles. The lowest BCUT2D eigenvalue weighted by atomic mass is 10.0. The van der Waals surface area contributed by atoms with Gasteiger partial charge in [0.05, 0.1) is 12.1 Å². The fourth-order valence-electron chi connectivity index (χ4n) is 1.38. The Hall–Kier alpha value is -1.43. The number of amides is 2. The average Bonchev–Trinajstić information content (AvgIpc) is 2.22. The number of hydrogen-bond donors (Lipinski definition) is 3. The molecule has 0 aromatic rings. The molecule has 6 nitrogen and oxygen atoms in total. The molecule has 0 saturated carbocycles. The van der Waals surface area contributed by atoms with Crippen LogP contribution in [-0.2, 0) is 14.4 Å². The van der Waals surface area contributed by atoms with Gasteiger partial charge < -0.3 is 21.6 Å². The summed E-state index contributed by atoms with van der Waals surface area (Å²) >= 11 is 0. The fourth-order valence-corrected chi connectivity index (χ4v) is 1.38. The van der Waals surface area contributed by atoms with Gasteiger partial charge in [-0.25, -0.2) is 0 Å². The Labute approximate surface area is 101 Å². The standard InChI is InChI=1S/C11H21N3O3/c1-7(2)5-9(12)11(17)14-8(6-15)3-4-10(13)16/h6-9H,3-5,12H2,1-2H3,(H2,13,16)(H,14,17)/t8-,9-/m0/s1. The van der Waals surface area contributed by atoms with Crippen molar-refractivity contribution in [1.29, 1.82) is 0 Å². The first-order valence-corrected chi connectivity index (χ1v) is 5.66. The molecule has 0 aliphatic rings. The van der Waals surface area contributed by atoms with Gasteiger partial charge in [0.1, 0.15) is 6.29 Å². The van der Waals surface area contributed by atoms with Crippen LogP contribution in [0.5, 0.6) is 0 Å². The first kappa shape index (κ1) is 15.6. The van der Waals surface area contributed by atoms with Crippen molar-refractivity contribution in [1.82, 2.24) is 5.32 Å². The summed E-state index contributed by atoms with van der Waals surface area (Å²) in [5, 5.41) is 2.49. The summed E-state index contributed by atoms with van der Waals surface area (Å²) in [6.07, 6.45) is 1.40. The molecule has 0 aliphatic heterocycles. The Bertz CT molecular complexity index is 279. The van der Waals surface area contributed by atoms with E-state index in [1.54, 1.807) is 0 Å². The van der Waals surface area contributed by atoms with E-state index in [1.165, 1.54) is 0 Å². The molecule has 2 amide bonds. The molecule has 98 valence electrons. The highest BCUT2D eigenvalue weighted by Crippen LogP contribution is 2.03. The van der Waals surface area contributed by atoms with Crippen LogP contribution >= 0.6 is 0 Å². The number of nitrogens with two attached hydrogens (primary N) is 2. The van der Waals surface area contributed by atoms with Gasteiger partial charge in [0.25, 0.3) is 0 Å². The van der Waals surface area contributed by atoms with Crippen molar-refractivity contribution in [2.24, 2.45) is 17.4 Å². The maximum absolute atomic E-state index is 11.6. The number of rotatable bonds is 8. The van der Waals surface area contributed by atoms with Gasteiger partial charge in [0.15, 0.2) is 0 Å². The summed E-state index contributed by atoms with van der Waals surface area (Å²) in [6.45, 7) is 3.91. The summed E-state index contributed by atoms with van der Waals surface area (Å²) in [4.78, 5) is 32.8. The van der Waals surface area contributed by atoms with Crippen LogP contribution in [-0.4, -0.2) is 30.2 Å². The lowest BCUT2D eigenvalue weighted by molar-refractivity contribution is -0.126. The van der Waals surface area contributed by atoms with E-state index < -0.39 is 18.0 Å². The number of aldehydes is 1. The summed E-state index contributed by atoms with van der Waals surface area (Å²) < 4.78 is 0. The van der Waals surface area contributed by atoms with Gasteiger partial charge in [-0.2, -0.15) is 0 Å². The van der Waals surface area contributed by atoms with Crippen LogP contribution in [0.3, 0.4) is 0 Å². The van der Waals surface area contributed by atoms with E-state index in [-0.39, 0.29) is 18.7 Å². The molecule has 0 aliphatic carbocycles. The van der Waals surface area contributed by atoms with Gasteiger partial charge >= 0.3 is 0 Å². The quantitative estimate of drug-likeness (QED) is 0.489. The summed E-state index contributed by atoms with van der Waals surface area (Å²) in [7, 11) is 0. The Balaban J connectivity index is 4.13. The summed E-state index contributed by atoms with van der Waals surface area (Å²) in [6, 6.07) is -1.33. The molecule has 0 aromatic carbocycles. The number of hydrogen-bond acceptors (Lipinski definition) is 4. The second kappa shape index (κ2) is 7.78. The summed E-state index contributed by atoms with van der Waals surface area (Å²) in [5.74, 6) is -0.575. The van der Waals surface area contributed by atoms with E-state index in [0.29, 0.717) is 18.6 Å². The van der Waals surface area contributed by atoms with Crippen LogP contribution in [0.25, 0.3) is 0 Å². The van der Waals surface area contributed by atoms with Gasteiger partial charge in [-0.1, -0.05) is 13.8 Å². The highest BCUT2D eigenvalue weighted by atomic mass is 16.2. The second-order valence-corrected chi connectivity index (χ2v) is 4.49. The van der Waals surface area contributed by atoms with Crippen molar-refractivity contribution in [2.45, 2.75) is 45.2 Å². The maximum Gasteiger partial charge on any atom is 0.237 e. The van der Waals surface area contributed by atoms with E-state index in [4.69, 9.17) is 11.5 Å². The molecule has 5 N–H and O–H groups in total. The molecule has 0 unspecified atom stereocenters. The van der Waals surface area contributed by atoms with Crippen molar-refractivity contribution >= 4 is 18.1 Å². The Morgan fingerprint density at radius 2 is 1.94 bits per heavy atom. The average molecular weight is 243 g/mol. The molecule has 0 rings (SSSR count). The predicted octanol–water partition coefficient (Wildman–Crippen LogP) is -0.691. The third-order valence-electron chi connectivity index (χ3n) is 2.26. The molecule has 0 bridgehead atoms. The summed E-state index contributed by atoms with van der Waals surface area (Å²) in [5.41, 5.74) is 10.6. The monoisotopic (exact) mass is 243 g/mol. The minimum Gasteiger partial charge on any atom is -0.370 e. The molecular weight excluding hydrogens is 222 g/mol. The number of nitrogens with one attached hydrogen (secondary N) is 1. The number of carbonyl (C=O) groups excluding carboxylic acids is 3. The Kier molecular flexibility index (Phi) is 7.13. The van der Waals surface area contributed by atoms with Gasteiger partial charge in [0.2, 0.25) is 11.8 Å². The number of primary amides is 1. The molecule has 17 heavy (non-hydrogen) atoms. The van der Waals surface area contributed by atoms with Crippen molar-refractivity contribution in [3.8, 4) is 0 Å². The minimum absolute atomic E-state index is 0.0586. The normalized spacial score (nSPS) is 14.1. The smallest absolute Gasteiger partial charge is 0.237 e. The number of carbonyl (C=O) groups is 3.